The molecule has 0 bridgehead atoms. The lowest BCUT2D eigenvalue weighted by Crippen LogP contribution is -2.15. The van der Waals surface area contributed by atoms with Crippen LogP contribution in [-0.2, 0) is 42.4 Å². The summed E-state index contributed by atoms with van der Waals surface area (Å²) in [6, 6.07) is 13.3. The fraction of sp³-hybridized carbons (Fsp3) is 0.400. The minimum Gasteiger partial charge on any atom is -0.379 e. The molecule has 166 valence electrons. The normalized spacial score (nSPS) is 12.2. The molecule has 2 aromatic rings. The average Bonchev–Trinajstić information content (AvgIpc) is 2.68. The number of primary sulfonamides is 2. The number of ether oxygens (including phenoxy) is 2. The van der Waals surface area contributed by atoms with Gasteiger partial charge in [-0.15, -0.1) is 0 Å². The quantitative estimate of drug-likeness (QED) is 0.439. The second kappa shape index (κ2) is 11.5. The number of benzene rings is 2. The summed E-state index contributed by atoms with van der Waals surface area (Å²) in [6.07, 6.45) is 2.43. The maximum atomic E-state index is 11.6. The Labute approximate surface area is 178 Å². The van der Waals surface area contributed by atoms with Crippen molar-refractivity contribution in [2.24, 2.45) is 10.3 Å². The molecule has 0 fully saturated rings. The molecule has 0 aliphatic heterocycles. The fourth-order valence-corrected chi connectivity index (χ4v) is 4.63. The Hall–Kier alpha value is -1.82. The van der Waals surface area contributed by atoms with Gasteiger partial charge in [0.1, 0.15) is 0 Å². The van der Waals surface area contributed by atoms with Gasteiger partial charge in [-0.3, -0.25) is 0 Å². The molecule has 30 heavy (non-hydrogen) atoms. The van der Waals surface area contributed by atoms with Crippen LogP contribution in [0, 0.1) is 0 Å². The van der Waals surface area contributed by atoms with Gasteiger partial charge in [-0.1, -0.05) is 36.4 Å². The molecular formula is C20H28N2O6S2. The number of nitrogens with two attached hydrogens (primary N) is 2. The van der Waals surface area contributed by atoms with Crippen molar-refractivity contribution in [1.29, 1.82) is 0 Å². The van der Waals surface area contributed by atoms with Crippen LogP contribution in [0.4, 0.5) is 0 Å². The topological polar surface area (TPSA) is 139 Å². The first-order valence-corrected chi connectivity index (χ1v) is 12.7. The predicted molar refractivity (Wildman–Crippen MR) is 114 cm³/mol. The van der Waals surface area contributed by atoms with Crippen molar-refractivity contribution in [1.82, 2.24) is 0 Å². The van der Waals surface area contributed by atoms with Crippen LogP contribution in [0.2, 0.25) is 0 Å². The number of sulfonamides is 2. The standard InChI is InChI=1S/C20H28N2O6S2/c21-29(23,24)19-11-3-1-7-17(19)9-5-13-27-15-16-28-14-6-10-18-8-2-4-12-20(18)30(22,25)26/h1-4,7-8,11-12H,5-6,9-10,13-16H2,(H2,21,23,24)(H2,22,25,26). The first kappa shape index (κ1) is 24.4. The van der Waals surface area contributed by atoms with Gasteiger partial charge in [-0.05, 0) is 48.9 Å². The summed E-state index contributed by atoms with van der Waals surface area (Å²) in [4.78, 5) is 0.301. The molecule has 0 radical (unpaired) electrons. The molecule has 8 nitrogen and oxygen atoms in total. The maximum absolute atomic E-state index is 11.6. The van der Waals surface area contributed by atoms with E-state index in [0.717, 1.165) is 0 Å². The lowest BCUT2D eigenvalue weighted by Gasteiger charge is -2.09. The summed E-state index contributed by atoms with van der Waals surface area (Å²) >= 11 is 0. The molecule has 10 heteroatoms. The highest BCUT2D eigenvalue weighted by molar-refractivity contribution is 7.89. The lowest BCUT2D eigenvalue weighted by molar-refractivity contribution is 0.0461. The highest BCUT2D eigenvalue weighted by Crippen LogP contribution is 2.16. The molecule has 0 saturated heterocycles. The molecule has 0 saturated carbocycles. The lowest BCUT2D eigenvalue weighted by atomic mass is 10.1. The number of aryl methyl sites for hydroxylation is 2. The molecule has 0 atom stereocenters. The van der Waals surface area contributed by atoms with E-state index in [0.29, 0.717) is 63.2 Å². The van der Waals surface area contributed by atoms with E-state index in [1.807, 2.05) is 0 Å². The van der Waals surface area contributed by atoms with E-state index >= 15 is 0 Å². The van der Waals surface area contributed by atoms with Crippen molar-refractivity contribution in [2.45, 2.75) is 35.5 Å². The van der Waals surface area contributed by atoms with Crippen LogP contribution in [0.15, 0.2) is 58.3 Å². The van der Waals surface area contributed by atoms with Gasteiger partial charge in [0.15, 0.2) is 0 Å². The van der Waals surface area contributed by atoms with Gasteiger partial charge in [0.05, 0.1) is 23.0 Å². The van der Waals surface area contributed by atoms with Crippen molar-refractivity contribution in [2.75, 3.05) is 26.4 Å². The van der Waals surface area contributed by atoms with Gasteiger partial charge < -0.3 is 9.47 Å². The zero-order chi connectivity index (χ0) is 22.0. The van der Waals surface area contributed by atoms with Gasteiger partial charge in [-0.25, -0.2) is 27.1 Å². The first-order valence-electron chi connectivity index (χ1n) is 9.56. The Morgan fingerprint density at radius 1 is 0.600 bits per heavy atom. The molecule has 0 spiro atoms. The monoisotopic (exact) mass is 456 g/mol. The molecule has 0 aromatic heterocycles. The van der Waals surface area contributed by atoms with E-state index in [2.05, 4.69) is 0 Å². The summed E-state index contributed by atoms with van der Waals surface area (Å²) in [6.45, 7) is 1.79. The average molecular weight is 457 g/mol. The van der Waals surface area contributed by atoms with Gasteiger partial charge >= 0.3 is 0 Å². The largest absolute Gasteiger partial charge is 0.379 e. The molecule has 0 amide bonds. The van der Waals surface area contributed by atoms with E-state index in [-0.39, 0.29) is 9.79 Å². The third-order valence-corrected chi connectivity index (χ3v) is 6.42. The summed E-state index contributed by atoms with van der Waals surface area (Å²) in [7, 11) is -7.45. The summed E-state index contributed by atoms with van der Waals surface area (Å²) in [5, 5.41) is 10.4. The molecule has 0 heterocycles. The van der Waals surface area contributed by atoms with Crippen LogP contribution in [0.5, 0.6) is 0 Å². The number of rotatable bonds is 13. The highest BCUT2D eigenvalue weighted by atomic mass is 32.2. The summed E-state index contributed by atoms with van der Waals surface area (Å²) in [5.74, 6) is 0. The molecule has 0 unspecified atom stereocenters. The van der Waals surface area contributed by atoms with Gasteiger partial charge in [0.2, 0.25) is 20.0 Å². The van der Waals surface area contributed by atoms with Crippen LogP contribution in [0.1, 0.15) is 24.0 Å². The Morgan fingerprint density at radius 2 is 0.967 bits per heavy atom. The predicted octanol–water partition coefficient (Wildman–Crippen LogP) is 1.58. The van der Waals surface area contributed by atoms with Crippen LogP contribution in [0.25, 0.3) is 0 Å². The van der Waals surface area contributed by atoms with E-state index < -0.39 is 20.0 Å². The van der Waals surface area contributed by atoms with Crippen LogP contribution in [-0.4, -0.2) is 43.3 Å². The molecular weight excluding hydrogens is 428 g/mol. The minimum atomic E-state index is -3.73. The van der Waals surface area contributed by atoms with Crippen molar-refractivity contribution in [3.63, 3.8) is 0 Å². The van der Waals surface area contributed by atoms with Gasteiger partial charge in [0, 0.05) is 13.2 Å². The Kier molecular flexibility index (Phi) is 9.40. The van der Waals surface area contributed by atoms with Crippen LogP contribution < -0.4 is 10.3 Å². The van der Waals surface area contributed by atoms with Crippen LogP contribution in [0.3, 0.4) is 0 Å². The summed E-state index contributed by atoms with van der Waals surface area (Å²) in [5.41, 5.74) is 1.36. The Bertz CT molecular complexity index is 940. The third kappa shape index (κ3) is 8.13. The maximum Gasteiger partial charge on any atom is 0.238 e. The van der Waals surface area contributed by atoms with E-state index in [4.69, 9.17) is 19.8 Å². The smallest absolute Gasteiger partial charge is 0.238 e. The Balaban J connectivity index is 1.59. The Morgan fingerprint density at radius 3 is 1.33 bits per heavy atom. The SMILES string of the molecule is NS(=O)(=O)c1ccccc1CCCOCCOCCCc1ccccc1S(N)(=O)=O. The van der Waals surface area contributed by atoms with Gasteiger partial charge in [-0.2, -0.15) is 0 Å². The molecule has 2 rings (SSSR count). The second-order valence-electron chi connectivity index (χ2n) is 6.74. The second-order valence-corrected chi connectivity index (χ2v) is 9.80. The van der Waals surface area contributed by atoms with Crippen molar-refractivity contribution < 1.29 is 26.3 Å². The number of hydrogen-bond acceptors (Lipinski definition) is 6. The van der Waals surface area contributed by atoms with E-state index in [1.54, 1.807) is 36.4 Å². The van der Waals surface area contributed by atoms with E-state index in [1.165, 1.54) is 12.1 Å². The molecule has 2 aromatic carbocycles. The molecule has 4 N–H and O–H groups in total. The van der Waals surface area contributed by atoms with Crippen molar-refractivity contribution >= 4 is 20.0 Å². The third-order valence-electron chi connectivity index (χ3n) is 4.40. The number of hydrogen-bond donors (Lipinski definition) is 2. The summed E-state index contributed by atoms with van der Waals surface area (Å²) < 4.78 is 57.3. The highest BCUT2D eigenvalue weighted by Gasteiger charge is 2.13. The van der Waals surface area contributed by atoms with Crippen molar-refractivity contribution in [3.8, 4) is 0 Å². The molecule has 0 aliphatic rings. The molecule has 0 aliphatic carbocycles. The fourth-order valence-electron chi connectivity index (χ4n) is 3.03. The van der Waals surface area contributed by atoms with E-state index in [9.17, 15) is 16.8 Å². The first-order chi connectivity index (χ1) is 14.2. The van der Waals surface area contributed by atoms with Gasteiger partial charge in [0.25, 0.3) is 0 Å². The zero-order valence-corrected chi connectivity index (χ0v) is 18.3. The van der Waals surface area contributed by atoms with Crippen molar-refractivity contribution in [3.05, 3.63) is 59.7 Å². The minimum absolute atomic E-state index is 0.150. The zero-order valence-electron chi connectivity index (χ0n) is 16.7. The van der Waals surface area contributed by atoms with Crippen LogP contribution >= 0.6 is 0 Å².